The van der Waals surface area contributed by atoms with Crippen molar-refractivity contribution >= 4 is 39.1 Å². The van der Waals surface area contributed by atoms with Crippen LogP contribution in [0.2, 0.25) is 10.3 Å². The van der Waals surface area contributed by atoms with Gasteiger partial charge in [-0.3, -0.25) is 0 Å². The lowest BCUT2D eigenvalue weighted by Gasteiger charge is -2.07. The molecule has 2 heterocycles. The SMILES string of the molecule is Clc1nc(Oc2ccc(Br)cc2Cl)nc(-n2cccn2)n1. The number of aromatic nitrogens is 5. The van der Waals surface area contributed by atoms with E-state index in [1.54, 1.807) is 36.7 Å². The normalized spacial score (nSPS) is 10.6. The Morgan fingerprint density at radius 3 is 2.71 bits per heavy atom. The largest absolute Gasteiger partial charge is 0.423 e. The van der Waals surface area contributed by atoms with E-state index in [4.69, 9.17) is 27.9 Å². The Hall–Kier alpha value is -1.70. The molecule has 6 nitrogen and oxygen atoms in total. The first-order valence-corrected chi connectivity index (χ1v) is 7.21. The second-order valence-corrected chi connectivity index (χ2v) is 5.48. The highest BCUT2D eigenvalue weighted by atomic mass is 79.9. The molecule has 106 valence electrons. The average molecular weight is 387 g/mol. The molecule has 3 aromatic rings. The summed E-state index contributed by atoms with van der Waals surface area (Å²) < 4.78 is 7.83. The van der Waals surface area contributed by atoms with E-state index in [9.17, 15) is 0 Å². The van der Waals surface area contributed by atoms with Gasteiger partial charge in [-0.05, 0) is 35.9 Å². The van der Waals surface area contributed by atoms with E-state index in [0.717, 1.165) is 4.47 Å². The minimum absolute atomic E-state index is 0.00117. The predicted octanol–water partition coefficient (Wildman–Crippen LogP) is 3.92. The Balaban J connectivity index is 1.95. The van der Waals surface area contributed by atoms with Crippen molar-refractivity contribution in [2.24, 2.45) is 0 Å². The fourth-order valence-electron chi connectivity index (χ4n) is 1.51. The van der Waals surface area contributed by atoms with Gasteiger partial charge in [-0.15, -0.1) is 0 Å². The van der Waals surface area contributed by atoms with E-state index in [2.05, 4.69) is 36.0 Å². The Morgan fingerprint density at radius 2 is 2.00 bits per heavy atom. The van der Waals surface area contributed by atoms with Crippen LogP contribution in [0.5, 0.6) is 11.8 Å². The molecule has 0 bridgehead atoms. The lowest BCUT2D eigenvalue weighted by Crippen LogP contribution is -2.05. The quantitative estimate of drug-likeness (QED) is 0.682. The molecule has 0 aliphatic carbocycles. The van der Waals surface area contributed by atoms with E-state index in [-0.39, 0.29) is 17.2 Å². The van der Waals surface area contributed by atoms with E-state index in [0.29, 0.717) is 10.8 Å². The molecule has 1 aromatic carbocycles. The van der Waals surface area contributed by atoms with E-state index in [1.807, 2.05) is 0 Å². The van der Waals surface area contributed by atoms with Gasteiger partial charge in [0.25, 0.3) is 5.95 Å². The average Bonchev–Trinajstić information content (AvgIpc) is 2.95. The van der Waals surface area contributed by atoms with Crippen LogP contribution in [0.25, 0.3) is 5.95 Å². The Bertz CT molecular complexity index is 781. The Kier molecular flexibility index (Phi) is 4.05. The third-order valence-electron chi connectivity index (χ3n) is 2.38. The molecule has 0 unspecified atom stereocenters. The molecule has 21 heavy (non-hydrogen) atoms. The summed E-state index contributed by atoms with van der Waals surface area (Å²) in [5.41, 5.74) is 0. The number of benzene rings is 1. The minimum atomic E-state index is -0.00117. The highest BCUT2D eigenvalue weighted by Crippen LogP contribution is 2.30. The molecule has 0 saturated heterocycles. The van der Waals surface area contributed by atoms with Gasteiger partial charge in [0.1, 0.15) is 5.75 Å². The number of nitrogens with zero attached hydrogens (tertiary/aromatic N) is 5. The highest BCUT2D eigenvalue weighted by molar-refractivity contribution is 9.10. The molecular weight excluding hydrogens is 381 g/mol. The first-order valence-electron chi connectivity index (χ1n) is 5.66. The van der Waals surface area contributed by atoms with Crippen molar-refractivity contribution in [3.8, 4) is 17.7 Å². The fraction of sp³-hybridized carbons (Fsp3) is 0. The predicted molar refractivity (Wildman–Crippen MR) is 81.2 cm³/mol. The maximum Gasteiger partial charge on any atom is 0.328 e. The number of hydrogen-bond donors (Lipinski definition) is 0. The van der Waals surface area contributed by atoms with Gasteiger partial charge in [-0.1, -0.05) is 27.5 Å². The van der Waals surface area contributed by atoms with Crippen molar-refractivity contribution in [3.63, 3.8) is 0 Å². The van der Waals surface area contributed by atoms with Crippen LogP contribution in [-0.2, 0) is 0 Å². The summed E-state index contributed by atoms with van der Waals surface area (Å²) in [4.78, 5) is 12.0. The molecule has 0 fully saturated rings. The molecule has 9 heteroatoms. The number of rotatable bonds is 3. The molecule has 2 aromatic heterocycles. The number of ether oxygens (including phenoxy) is 1. The third kappa shape index (κ3) is 3.31. The van der Waals surface area contributed by atoms with Crippen molar-refractivity contribution in [1.29, 1.82) is 0 Å². The van der Waals surface area contributed by atoms with Crippen LogP contribution >= 0.6 is 39.1 Å². The zero-order valence-corrected chi connectivity index (χ0v) is 13.3. The zero-order valence-electron chi connectivity index (χ0n) is 10.2. The van der Waals surface area contributed by atoms with Gasteiger partial charge >= 0.3 is 6.01 Å². The maximum atomic E-state index is 6.08. The highest BCUT2D eigenvalue weighted by Gasteiger charge is 2.11. The molecule has 0 amide bonds. The van der Waals surface area contributed by atoms with Crippen molar-refractivity contribution in [2.45, 2.75) is 0 Å². The van der Waals surface area contributed by atoms with Crippen molar-refractivity contribution < 1.29 is 4.74 Å². The molecule has 0 radical (unpaired) electrons. The van der Waals surface area contributed by atoms with Crippen LogP contribution in [0.4, 0.5) is 0 Å². The Labute approximate surface area is 137 Å². The number of halogens is 3. The fourth-order valence-corrected chi connectivity index (χ4v) is 2.37. The summed E-state index contributed by atoms with van der Waals surface area (Å²) in [5, 5.41) is 4.44. The van der Waals surface area contributed by atoms with Crippen LogP contribution in [0.15, 0.2) is 41.1 Å². The first-order chi connectivity index (χ1) is 10.1. The first kappa shape index (κ1) is 14.2. The van der Waals surface area contributed by atoms with E-state index in [1.165, 1.54) is 4.68 Å². The molecule has 0 saturated carbocycles. The Morgan fingerprint density at radius 1 is 1.14 bits per heavy atom. The second kappa shape index (κ2) is 5.97. The summed E-state index contributed by atoms with van der Waals surface area (Å²) in [6.07, 6.45) is 3.28. The lowest BCUT2D eigenvalue weighted by atomic mass is 10.3. The van der Waals surface area contributed by atoms with Crippen LogP contribution in [0, 0.1) is 0 Å². The monoisotopic (exact) mass is 385 g/mol. The molecule has 0 atom stereocenters. The molecule has 0 spiro atoms. The summed E-state index contributed by atoms with van der Waals surface area (Å²) in [6.45, 7) is 0. The summed E-state index contributed by atoms with van der Waals surface area (Å²) in [7, 11) is 0. The van der Waals surface area contributed by atoms with Gasteiger partial charge in [0.2, 0.25) is 5.28 Å². The maximum absolute atomic E-state index is 6.08. The van der Waals surface area contributed by atoms with Gasteiger partial charge in [0.15, 0.2) is 0 Å². The van der Waals surface area contributed by atoms with Crippen LogP contribution in [0.3, 0.4) is 0 Å². The molecule has 0 aliphatic rings. The molecule has 3 rings (SSSR count). The van der Waals surface area contributed by atoms with Gasteiger partial charge in [0.05, 0.1) is 5.02 Å². The molecule has 0 N–H and O–H groups in total. The van der Waals surface area contributed by atoms with E-state index >= 15 is 0 Å². The van der Waals surface area contributed by atoms with Gasteiger partial charge in [0, 0.05) is 16.9 Å². The third-order valence-corrected chi connectivity index (χ3v) is 3.34. The van der Waals surface area contributed by atoms with Crippen molar-refractivity contribution in [1.82, 2.24) is 24.7 Å². The van der Waals surface area contributed by atoms with Gasteiger partial charge in [-0.25, -0.2) is 4.68 Å². The van der Waals surface area contributed by atoms with Crippen molar-refractivity contribution in [3.05, 3.63) is 51.4 Å². The second-order valence-electron chi connectivity index (χ2n) is 3.81. The van der Waals surface area contributed by atoms with Crippen molar-refractivity contribution in [2.75, 3.05) is 0 Å². The summed E-state index contributed by atoms with van der Waals surface area (Å²) in [6, 6.07) is 6.96. The van der Waals surface area contributed by atoms with Gasteiger partial charge in [-0.2, -0.15) is 20.1 Å². The van der Waals surface area contributed by atoms with Crippen LogP contribution in [0.1, 0.15) is 0 Å². The summed E-state index contributed by atoms with van der Waals surface area (Å²) in [5.74, 6) is 0.664. The summed E-state index contributed by atoms with van der Waals surface area (Å²) >= 11 is 15.3. The molecular formula is C12H6BrCl2N5O. The topological polar surface area (TPSA) is 65.7 Å². The lowest BCUT2D eigenvalue weighted by molar-refractivity contribution is 0.437. The van der Waals surface area contributed by atoms with Crippen LogP contribution in [-0.4, -0.2) is 24.7 Å². The van der Waals surface area contributed by atoms with E-state index < -0.39 is 0 Å². The standard InChI is InChI=1S/C12H6BrCl2N5O/c13-7-2-3-9(8(14)6-7)21-12-18-10(15)17-11(19-12)20-5-1-4-16-20/h1-6H. The minimum Gasteiger partial charge on any atom is -0.423 e. The van der Waals surface area contributed by atoms with Gasteiger partial charge < -0.3 is 4.74 Å². The zero-order chi connectivity index (χ0) is 14.8. The smallest absolute Gasteiger partial charge is 0.328 e. The number of hydrogen-bond acceptors (Lipinski definition) is 5. The van der Waals surface area contributed by atoms with Crippen LogP contribution < -0.4 is 4.74 Å². The molecule has 0 aliphatic heterocycles.